The summed E-state index contributed by atoms with van der Waals surface area (Å²) in [7, 11) is -3.24. The molecule has 0 aliphatic rings. The van der Waals surface area contributed by atoms with Crippen molar-refractivity contribution in [3.05, 3.63) is 45.2 Å². The van der Waals surface area contributed by atoms with Crippen molar-refractivity contribution in [1.29, 1.82) is 0 Å². The van der Waals surface area contributed by atoms with E-state index < -0.39 is 15.7 Å². The third kappa shape index (κ3) is 5.05. The molecule has 9 heteroatoms. The van der Waals surface area contributed by atoms with Crippen LogP contribution in [0.4, 0.5) is 5.69 Å². The number of halogens is 1. The van der Waals surface area contributed by atoms with Crippen molar-refractivity contribution in [2.75, 3.05) is 18.6 Å². The molecule has 0 saturated heterocycles. The van der Waals surface area contributed by atoms with Gasteiger partial charge in [-0.3, -0.25) is 4.79 Å². The molecule has 0 radical (unpaired) electrons. The minimum Gasteiger partial charge on any atom is -0.477 e. The van der Waals surface area contributed by atoms with E-state index in [1.165, 1.54) is 18.2 Å². The Bertz CT molecular complexity index is 883. The van der Waals surface area contributed by atoms with Crippen LogP contribution in [0.2, 0.25) is 0 Å². The maximum absolute atomic E-state index is 12.3. The molecule has 1 heterocycles. The van der Waals surface area contributed by atoms with Crippen LogP contribution in [0.25, 0.3) is 0 Å². The van der Waals surface area contributed by atoms with Crippen molar-refractivity contribution in [1.82, 2.24) is 10.3 Å². The molecular formula is C16H18IN3O4S. The number of aromatic nitrogens is 1. The fraction of sp³-hybridized carbons (Fsp3) is 0.250. The molecule has 0 atom stereocenters. The van der Waals surface area contributed by atoms with Gasteiger partial charge in [-0.25, -0.2) is 13.4 Å². The summed E-state index contributed by atoms with van der Waals surface area (Å²) in [5.74, 6) is -0.0676. The largest absolute Gasteiger partial charge is 0.477 e. The molecule has 25 heavy (non-hydrogen) atoms. The first-order chi connectivity index (χ1) is 11.7. The van der Waals surface area contributed by atoms with Gasteiger partial charge in [0, 0.05) is 12.8 Å². The van der Waals surface area contributed by atoms with Crippen molar-refractivity contribution in [3.8, 4) is 5.88 Å². The van der Waals surface area contributed by atoms with Gasteiger partial charge in [-0.15, -0.1) is 0 Å². The molecule has 1 amide bonds. The van der Waals surface area contributed by atoms with Gasteiger partial charge in [0.15, 0.2) is 9.84 Å². The number of amides is 1. The minimum atomic E-state index is -3.24. The Labute approximate surface area is 160 Å². The highest BCUT2D eigenvalue weighted by atomic mass is 127. The number of sulfone groups is 1. The van der Waals surface area contributed by atoms with Gasteiger partial charge in [0.25, 0.3) is 5.91 Å². The van der Waals surface area contributed by atoms with E-state index in [1.54, 1.807) is 12.1 Å². The standard InChI is InChI=1S/C16H18IN3O4S/c1-3-24-16-14(17)12(18)8-13(20-16)15(21)19-9-10-4-6-11(7-5-10)25(2,22)23/h4-8H,3,9H2,1-2H3,(H2,18,20)(H,19,21). The number of benzene rings is 1. The monoisotopic (exact) mass is 475 g/mol. The van der Waals surface area contributed by atoms with Crippen molar-refractivity contribution >= 4 is 44.0 Å². The first kappa shape index (κ1) is 19.4. The predicted molar refractivity (Wildman–Crippen MR) is 103 cm³/mol. The fourth-order valence-corrected chi connectivity index (χ4v) is 3.06. The average Bonchev–Trinajstić information content (AvgIpc) is 2.56. The Morgan fingerprint density at radius 1 is 1.32 bits per heavy atom. The van der Waals surface area contributed by atoms with Crippen LogP contribution in [0.5, 0.6) is 5.88 Å². The summed E-state index contributed by atoms with van der Waals surface area (Å²) in [5.41, 5.74) is 7.24. The SMILES string of the molecule is CCOc1nc(C(=O)NCc2ccc(S(C)(=O)=O)cc2)cc(N)c1I. The lowest BCUT2D eigenvalue weighted by Crippen LogP contribution is -2.24. The molecule has 3 N–H and O–H groups in total. The summed E-state index contributed by atoms with van der Waals surface area (Å²) in [4.78, 5) is 16.7. The molecule has 0 spiro atoms. The molecule has 1 aromatic heterocycles. The van der Waals surface area contributed by atoms with Gasteiger partial charge in [-0.1, -0.05) is 12.1 Å². The number of nitrogens with two attached hydrogens (primary N) is 1. The first-order valence-electron chi connectivity index (χ1n) is 7.38. The summed E-state index contributed by atoms with van der Waals surface area (Å²) < 4.78 is 28.9. The Kier molecular flexibility index (Phi) is 6.22. The van der Waals surface area contributed by atoms with Crippen molar-refractivity contribution < 1.29 is 17.9 Å². The van der Waals surface area contributed by atoms with E-state index in [1.807, 2.05) is 29.5 Å². The topological polar surface area (TPSA) is 111 Å². The molecule has 7 nitrogen and oxygen atoms in total. The van der Waals surface area contributed by atoms with Gasteiger partial charge in [0.05, 0.1) is 20.8 Å². The van der Waals surface area contributed by atoms with Crippen LogP contribution < -0.4 is 15.8 Å². The van der Waals surface area contributed by atoms with Gasteiger partial charge in [0.2, 0.25) is 5.88 Å². The maximum Gasteiger partial charge on any atom is 0.270 e. The fourth-order valence-electron chi connectivity index (χ4n) is 2.00. The van der Waals surface area contributed by atoms with E-state index in [0.717, 1.165) is 11.8 Å². The lowest BCUT2D eigenvalue weighted by atomic mass is 10.2. The van der Waals surface area contributed by atoms with Gasteiger partial charge in [0.1, 0.15) is 5.69 Å². The quantitative estimate of drug-likeness (QED) is 0.619. The van der Waals surface area contributed by atoms with Crippen LogP contribution in [0.1, 0.15) is 23.0 Å². The van der Waals surface area contributed by atoms with Crippen LogP contribution in [0.15, 0.2) is 35.2 Å². The number of carbonyl (C=O) groups excluding carboxylic acids is 1. The van der Waals surface area contributed by atoms with E-state index in [0.29, 0.717) is 21.7 Å². The number of anilines is 1. The van der Waals surface area contributed by atoms with E-state index in [-0.39, 0.29) is 17.1 Å². The molecule has 2 aromatic rings. The number of nitrogens with one attached hydrogen (secondary N) is 1. The van der Waals surface area contributed by atoms with Crippen LogP contribution in [0, 0.1) is 3.57 Å². The van der Waals surface area contributed by atoms with Crippen LogP contribution in [0.3, 0.4) is 0 Å². The summed E-state index contributed by atoms with van der Waals surface area (Å²) in [5, 5.41) is 2.73. The lowest BCUT2D eigenvalue weighted by molar-refractivity contribution is 0.0944. The zero-order valence-corrected chi connectivity index (χ0v) is 16.7. The molecule has 0 aliphatic carbocycles. The van der Waals surface area contributed by atoms with Crippen LogP contribution in [-0.2, 0) is 16.4 Å². The number of rotatable bonds is 6. The Hall–Kier alpha value is -1.88. The van der Waals surface area contributed by atoms with Crippen molar-refractivity contribution in [3.63, 3.8) is 0 Å². The second kappa shape index (κ2) is 8.00. The zero-order valence-electron chi connectivity index (χ0n) is 13.7. The number of hydrogen-bond donors (Lipinski definition) is 2. The summed E-state index contributed by atoms with van der Waals surface area (Å²) in [6.45, 7) is 2.47. The molecular weight excluding hydrogens is 457 g/mol. The second-order valence-corrected chi connectivity index (χ2v) is 8.34. The predicted octanol–water partition coefficient (Wildman–Crippen LogP) is 2.00. The first-order valence-corrected chi connectivity index (χ1v) is 10.4. The van der Waals surface area contributed by atoms with Gasteiger partial charge in [-0.05, 0) is 53.3 Å². The molecule has 2 rings (SSSR count). The molecule has 0 bridgehead atoms. The lowest BCUT2D eigenvalue weighted by Gasteiger charge is -2.10. The number of ether oxygens (including phenoxy) is 1. The van der Waals surface area contributed by atoms with Gasteiger partial charge < -0.3 is 15.8 Å². The van der Waals surface area contributed by atoms with Crippen molar-refractivity contribution in [2.45, 2.75) is 18.4 Å². The molecule has 0 saturated carbocycles. The van der Waals surface area contributed by atoms with E-state index in [2.05, 4.69) is 10.3 Å². The highest BCUT2D eigenvalue weighted by Crippen LogP contribution is 2.25. The maximum atomic E-state index is 12.3. The van der Waals surface area contributed by atoms with Gasteiger partial charge >= 0.3 is 0 Å². The molecule has 0 fully saturated rings. The highest BCUT2D eigenvalue weighted by molar-refractivity contribution is 14.1. The number of nitrogen functional groups attached to an aromatic ring is 1. The number of nitrogens with zero attached hydrogens (tertiary/aromatic N) is 1. The van der Waals surface area contributed by atoms with E-state index in [4.69, 9.17) is 10.5 Å². The summed E-state index contributed by atoms with van der Waals surface area (Å²) in [6.07, 6.45) is 1.15. The van der Waals surface area contributed by atoms with Crippen molar-refractivity contribution in [2.24, 2.45) is 0 Å². The third-order valence-electron chi connectivity index (χ3n) is 3.27. The second-order valence-electron chi connectivity index (χ2n) is 5.25. The average molecular weight is 475 g/mol. The molecule has 134 valence electrons. The summed E-state index contributed by atoms with van der Waals surface area (Å²) >= 11 is 2.02. The highest BCUT2D eigenvalue weighted by Gasteiger charge is 2.15. The number of hydrogen-bond acceptors (Lipinski definition) is 6. The van der Waals surface area contributed by atoms with Crippen LogP contribution in [-0.4, -0.2) is 32.2 Å². The molecule has 0 aliphatic heterocycles. The molecule has 0 unspecified atom stereocenters. The van der Waals surface area contributed by atoms with E-state index >= 15 is 0 Å². The molecule has 1 aromatic carbocycles. The normalized spacial score (nSPS) is 11.2. The van der Waals surface area contributed by atoms with Crippen LogP contribution >= 0.6 is 22.6 Å². The minimum absolute atomic E-state index is 0.161. The third-order valence-corrected chi connectivity index (χ3v) is 5.49. The Balaban J connectivity index is 2.10. The Morgan fingerprint density at radius 2 is 1.96 bits per heavy atom. The Morgan fingerprint density at radius 3 is 2.52 bits per heavy atom. The summed E-state index contributed by atoms with van der Waals surface area (Å²) in [6, 6.07) is 7.80. The van der Waals surface area contributed by atoms with E-state index in [9.17, 15) is 13.2 Å². The number of carbonyl (C=O) groups is 1. The zero-order chi connectivity index (χ0) is 18.6. The van der Waals surface area contributed by atoms with Gasteiger partial charge in [-0.2, -0.15) is 0 Å². The smallest absolute Gasteiger partial charge is 0.270 e. The number of pyridine rings is 1.